The maximum Gasteiger partial charge on any atom is 0.0774 e. The molecule has 4 nitrogen and oxygen atoms in total. The summed E-state index contributed by atoms with van der Waals surface area (Å²) in [7, 11) is 0. The number of hydrogen-bond donors (Lipinski definition) is 0. The number of hydrogen-bond acceptors (Lipinski definition) is 3. The van der Waals surface area contributed by atoms with Gasteiger partial charge in [-0.05, 0) is 59.1 Å². The Kier molecular flexibility index (Phi) is 10.0. The van der Waals surface area contributed by atoms with Gasteiger partial charge in [0.05, 0.1) is 16.9 Å². The minimum atomic E-state index is -1.45. The van der Waals surface area contributed by atoms with Crippen molar-refractivity contribution < 1.29 is 27.3 Å². The fourth-order valence-corrected chi connectivity index (χ4v) is 5.83. The zero-order chi connectivity index (χ0) is 34.0. The number of fused-ring (bicyclic) bond motifs is 2. The fourth-order valence-electron chi connectivity index (χ4n) is 5.83. The van der Waals surface area contributed by atoms with Crippen LogP contribution in [-0.4, -0.2) is 14.5 Å². The molecule has 241 valence electrons. The van der Waals surface area contributed by atoms with Crippen molar-refractivity contribution in [1.29, 1.82) is 0 Å². The molecule has 3 aromatic heterocycles. The van der Waals surface area contributed by atoms with Crippen molar-refractivity contribution in [2.45, 2.75) is 59.8 Å². The van der Waals surface area contributed by atoms with E-state index >= 15 is 0 Å². The quantitative estimate of drug-likeness (QED) is 0.151. The number of furan rings is 1. The van der Waals surface area contributed by atoms with Crippen molar-refractivity contribution in [1.82, 2.24) is 14.5 Å². The van der Waals surface area contributed by atoms with Crippen LogP contribution in [0.4, 0.5) is 0 Å². The zero-order valence-corrected chi connectivity index (χ0v) is 30.1. The van der Waals surface area contributed by atoms with Crippen LogP contribution in [0.2, 0.25) is 0 Å². The number of para-hydroxylation sites is 3. The summed E-state index contributed by atoms with van der Waals surface area (Å²) in [5.41, 5.74) is 9.68. The summed E-state index contributed by atoms with van der Waals surface area (Å²) in [4.78, 5) is 9.30. The number of rotatable bonds is 7. The monoisotopic (exact) mass is 798 g/mol. The first-order valence-electron chi connectivity index (χ1n) is 17.0. The summed E-state index contributed by atoms with van der Waals surface area (Å²) in [6, 6.07) is 37.2. The fraction of sp³-hybridized carbons (Fsp3) is 0.238. The van der Waals surface area contributed by atoms with Crippen molar-refractivity contribution in [2.24, 2.45) is 5.92 Å². The van der Waals surface area contributed by atoms with Gasteiger partial charge in [-0.1, -0.05) is 113 Å². The molecule has 5 heteroatoms. The van der Waals surface area contributed by atoms with E-state index in [4.69, 9.17) is 12.1 Å². The van der Waals surface area contributed by atoms with E-state index in [9.17, 15) is 0 Å². The van der Waals surface area contributed by atoms with E-state index in [0.29, 0.717) is 23.0 Å². The van der Waals surface area contributed by atoms with Gasteiger partial charge in [-0.3, -0.25) is 4.98 Å². The molecule has 0 saturated carbocycles. The first-order chi connectivity index (χ1) is 23.1. The third-order valence-electron chi connectivity index (χ3n) is 7.97. The molecule has 0 aliphatic carbocycles. The van der Waals surface area contributed by atoms with Crippen LogP contribution in [0.5, 0.6) is 0 Å². The molecule has 4 aromatic carbocycles. The Labute approximate surface area is 295 Å². The van der Waals surface area contributed by atoms with Crippen molar-refractivity contribution in [3.63, 3.8) is 0 Å². The zero-order valence-electron chi connectivity index (χ0n) is 29.7. The molecule has 1 radical (unpaired) electrons. The molecule has 0 unspecified atom stereocenters. The molecule has 0 atom stereocenters. The molecule has 0 bridgehead atoms. The van der Waals surface area contributed by atoms with E-state index in [2.05, 4.69) is 79.9 Å². The van der Waals surface area contributed by atoms with Crippen LogP contribution in [0.25, 0.3) is 50.3 Å². The van der Waals surface area contributed by atoms with Gasteiger partial charge in [0.1, 0.15) is 0 Å². The van der Waals surface area contributed by atoms with E-state index in [1.165, 1.54) is 16.8 Å². The summed E-state index contributed by atoms with van der Waals surface area (Å²) < 4.78 is 25.2. The van der Waals surface area contributed by atoms with Gasteiger partial charge in [-0.2, -0.15) is 0 Å². The number of pyridine rings is 1. The Balaban J connectivity index is 0.000000303. The second kappa shape index (κ2) is 15.1. The minimum Gasteiger partial charge on any atom is -0.557 e. The van der Waals surface area contributed by atoms with Crippen LogP contribution in [0.3, 0.4) is 0 Å². The molecule has 47 heavy (non-hydrogen) atoms. The second-order valence-corrected chi connectivity index (χ2v) is 12.4. The Morgan fingerprint density at radius 3 is 2.19 bits per heavy atom. The topological polar surface area (TPSA) is 43.9 Å². The summed E-state index contributed by atoms with van der Waals surface area (Å²) >= 11 is 0. The number of benzene rings is 4. The molecule has 7 rings (SSSR count). The van der Waals surface area contributed by atoms with E-state index in [0.717, 1.165) is 39.1 Å². The predicted molar refractivity (Wildman–Crippen MR) is 190 cm³/mol. The van der Waals surface area contributed by atoms with Crippen LogP contribution >= 0.6 is 0 Å². The summed E-state index contributed by atoms with van der Waals surface area (Å²) in [6.45, 7) is 12.7. The Morgan fingerprint density at radius 1 is 0.809 bits per heavy atom. The molecule has 0 amide bonds. The van der Waals surface area contributed by atoms with Gasteiger partial charge in [0.15, 0.2) is 0 Å². The normalized spacial score (nSPS) is 12.2. The van der Waals surface area contributed by atoms with Crippen molar-refractivity contribution in [2.75, 3.05) is 0 Å². The molecule has 0 saturated heterocycles. The molecule has 0 spiro atoms. The van der Waals surface area contributed by atoms with E-state index in [1.807, 2.05) is 86.6 Å². The van der Waals surface area contributed by atoms with Gasteiger partial charge in [0, 0.05) is 46.6 Å². The van der Waals surface area contributed by atoms with Gasteiger partial charge in [-0.15, -0.1) is 42.0 Å². The summed E-state index contributed by atoms with van der Waals surface area (Å²) in [6.07, 6.45) is 3.47. The van der Waals surface area contributed by atoms with E-state index < -0.39 is 6.37 Å². The van der Waals surface area contributed by atoms with E-state index in [1.54, 1.807) is 6.20 Å². The first kappa shape index (κ1) is 31.3. The maximum atomic E-state index is 8.51. The van der Waals surface area contributed by atoms with E-state index in [-0.39, 0.29) is 26.0 Å². The molecule has 0 fully saturated rings. The molecular formula is C42H41IrN3O-2. The molecule has 7 aromatic rings. The average molecular weight is 798 g/mol. The van der Waals surface area contributed by atoms with Gasteiger partial charge < -0.3 is 14.0 Å². The molecule has 0 N–H and O–H groups in total. The number of imidazole rings is 1. The number of aromatic nitrogens is 3. The largest absolute Gasteiger partial charge is 0.557 e. The van der Waals surface area contributed by atoms with Crippen LogP contribution in [0.15, 0.2) is 114 Å². The van der Waals surface area contributed by atoms with Gasteiger partial charge >= 0.3 is 0 Å². The molecule has 3 heterocycles. The van der Waals surface area contributed by atoms with Crippen LogP contribution in [-0.2, 0) is 26.5 Å². The first-order valence-corrected chi connectivity index (χ1v) is 16.0. The van der Waals surface area contributed by atoms with Gasteiger partial charge in [0.2, 0.25) is 0 Å². The summed E-state index contributed by atoms with van der Waals surface area (Å²) in [5, 5.41) is 0.878. The van der Waals surface area contributed by atoms with Gasteiger partial charge in [-0.25, -0.2) is 0 Å². The third-order valence-corrected chi connectivity index (χ3v) is 7.97. The van der Waals surface area contributed by atoms with Crippen molar-refractivity contribution >= 4 is 22.0 Å². The number of nitrogens with zero attached hydrogens (tertiary/aromatic N) is 3. The third kappa shape index (κ3) is 7.32. The van der Waals surface area contributed by atoms with Crippen LogP contribution in [0.1, 0.15) is 72.8 Å². The Hall–Kier alpha value is -4.31. The minimum absolute atomic E-state index is 0. The standard InChI is InChI=1S/C31H33N2O.C11H8N.Ir/c1-19(2)16-22-14-15-25-26(18-34-29(25)17-22)31-32-27-12-7-8-13-28(27)33(31)30-23(20(3)4)10-9-11-24(30)21(5)6;1-2-6-10(7-3-1)11-8-4-5-9-12-11;/h7-15,17,19-21H,16H2,1-6H3;1-6,8-9H;/q2*-1;/i16D2;;. The second-order valence-electron chi connectivity index (χ2n) is 12.4. The van der Waals surface area contributed by atoms with Crippen LogP contribution < -0.4 is 0 Å². The molecular weight excluding hydrogens is 755 g/mol. The van der Waals surface area contributed by atoms with Crippen molar-refractivity contribution in [3.05, 3.63) is 138 Å². The van der Waals surface area contributed by atoms with Gasteiger partial charge in [0.25, 0.3) is 0 Å². The Bertz CT molecular complexity index is 2090. The Morgan fingerprint density at radius 2 is 1.53 bits per heavy atom. The predicted octanol–water partition coefficient (Wildman–Crippen LogP) is 11.2. The smallest absolute Gasteiger partial charge is 0.0774 e. The summed E-state index contributed by atoms with van der Waals surface area (Å²) in [5.74, 6) is 1.29. The SMILES string of the molecule is [2H]C([2H])(c1ccc2c(-c3nc4ccccc4n3-c3c(C(C)C)cccc3C(C)C)[c-]oc2c1)C(C)C.[Ir].[c-]1ccccc1-c1ccccn1. The maximum absolute atomic E-state index is 8.51. The average Bonchev–Trinajstić information content (AvgIpc) is 3.70. The molecule has 0 aliphatic rings. The molecule has 0 aliphatic heterocycles. The van der Waals surface area contributed by atoms with Crippen molar-refractivity contribution in [3.8, 4) is 28.3 Å². The van der Waals surface area contributed by atoms with Crippen LogP contribution in [0, 0.1) is 18.2 Å².